The van der Waals surface area contributed by atoms with E-state index in [-0.39, 0.29) is 5.76 Å². The zero-order valence-electron chi connectivity index (χ0n) is 7.18. The number of hydrogen-bond donors (Lipinski definition) is 1. The summed E-state index contributed by atoms with van der Waals surface area (Å²) in [6, 6.07) is 1.39. The van der Waals surface area contributed by atoms with Crippen molar-refractivity contribution in [2.45, 2.75) is 0 Å². The Bertz CT molecular complexity index is 687. The zero-order chi connectivity index (χ0) is 10.4. The van der Waals surface area contributed by atoms with Gasteiger partial charge < -0.3 is 19.2 Å². The summed E-state index contributed by atoms with van der Waals surface area (Å²) in [5.74, 6) is -0.266. The van der Waals surface area contributed by atoms with Crippen molar-refractivity contribution < 1.29 is 18.3 Å². The van der Waals surface area contributed by atoms with Crippen LogP contribution in [-0.2, 0) is 4.57 Å². The number of carbonyl (C=O) groups is 1. The Labute approximate surface area is 82.4 Å². The molecule has 7 heteroatoms. The average Bonchev–Trinajstić information content (AvgIpc) is 2.85. The standard InChI is InChI=1S/C8H3N2O4P/c9-7(11)3-1-2(10-14-3)4-5-6-8(13-4)15(5,6)12/h1H,(H2,9,11). The number of aromatic nitrogens is 1. The molecular weight excluding hydrogens is 219 g/mol. The third-order valence-electron chi connectivity index (χ3n) is 2.64. The number of nitrogens with two attached hydrogens (primary N) is 1. The normalized spacial score (nSPS) is 23.7. The molecule has 0 spiro atoms. The van der Waals surface area contributed by atoms with Gasteiger partial charge in [0.1, 0.15) is 0 Å². The largest absolute Gasteiger partial charge is 0.449 e. The number of carbonyl (C=O) groups excluding carboxylic acids is 1. The molecule has 5 rings (SSSR count). The second-order valence-corrected chi connectivity index (χ2v) is 6.00. The van der Waals surface area contributed by atoms with Gasteiger partial charge in [0.15, 0.2) is 17.0 Å². The molecule has 74 valence electrons. The van der Waals surface area contributed by atoms with Gasteiger partial charge in [0.2, 0.25) is 12.9 Å². The smallest absolute Gasteiger partial charge is 0.287 e. The molecule has 3 aliphatic rings. The van der Waals surface area contributed by atoms with E-state index >= 15 is 0 Å². The molecule has 3 aliphatic heterocycles. The average molecular weight is 222 g/mol. The number of primary amides is 1. The van der Waals surface area contributed by atoms with Crippen LogP contribution in [-0.4, -0.2) is 11.1 Å². The maximum atomic E-state index is 11.6. The molecule has 0 aromatic carbocycles. The molecule has 15 heavy (non-hydrogen) atoms. The fraction of sp³-hybridized carbons (Fsp3) is 0. The van der Waals surface area contributed by atoms with E-state index in [4.69, 9.17) is 14.7 Å². The van der Waals surface area contributed by atoms with E-state index in [9.17, 15) is 9.36 Å². The molecule has 6 nitrogen and oxygen atoms in total. The quantitative estimate of drug-likeness (QED) is 0.452. The Balaban J connectivity index is 1.86. The van der Waals surface area contributed by atoms with Crippen molar-refractivity contribution in [2.24, 2.45) is 5.73 Å². The van der Waals surface area contributed by atoms with Crippen molar-refractivity contribution >= 4 is 29.2 Å². The Morgan fingerprint density at radius 1 is 1.47 bits per heavy atom. The summed E-state index contributed by atoms with van der Waals surface area (Å²) in [6.45, 7) is 0. The number of fused-ring (bicyclic) bond motifs is 1. The van der Waals surface area contributed by atoms with E-state index in [1.54, 1.807) is 0 Å². The van der Waals surface area contributed by atoms with Gasteiger partial charge >= 0.3 is 0 Å². The summed E-state index contributed by atoms with van der Waals surface area (Å²) < 4.78 is 21.6. The maximum absolute atomic E-state index is 11.6. The second-order valence-electron chi connectivity index (χ2n) is 3.48. The lowest BCUT2D eigenvalue weighted by Crippen LogP contribution is -2.09. The fourth-order valence-electron chi connectivity index (χ4n) is 1.77. The van der Waals surface area contributed by atoms with E-state index < -0.39 is 13.0 Å². The molecule has 0 saturated carbocycles. The number of rotatable bonds is 2. The minimum atomic E-state index is -2.24. The van der Waals surface area contributed by atoms with Crippen molar-refractivity contribution in [3.05, 3.63) is 11.8 Å². The highest BCUT2D eigenvalue weighted by Crippen LogP contribution is 2.70. The highest BCUT2D eigenvalue weighted by Gasteiger charge is 2.75. The number of nitrogens with zero attached hydrogens (tertiary/aromatic N) is 1. The van der Waals surface area contributed by atoms with E-state index in [2.05, 4.69) is 5.16 Å². The summed E-state index contributed by atoms with van der Waals surface area (Å²) in [5.41, 5.74) is 5.98. The van der Waals surface area contributed by atoms with Gasteiger partial charge in [0, 0.05) is 6.07 Å². The lowest BCUT2D eigenvalue weighted by atomic mass is 10.3. The Kier molecular flexibility index (Phi) is 0.893. The summed E-state index contributed by atoms with van der Waals surface area (Å²) in [6.07, 6.45) is 0. The molecule has 2 N–H and O–H groups in total. The Hall–Kier alpha value is -1.81. The minimum Gasteiger partial charge on any atom is -0.449 e. The molecule has 2 bridgehead atoms. The van der Waals surface area contributed by atoms with Crippen molar-refractivity contribution in [3.63, 3.8) is 0 Å². The molecule has 2 aromatic rings. The lowest BCUT2D eigenvalue weighted by molar-refractivity contribution is 0.0965. The van der Waals surface area contributed by atoms with Gasteiger partial charge in [-0.2, -0.15) is 0 Å². The summed E-state index contributed by atoms with van der Waals surface area (Å²) in [7, 11) is -2.24. The topological polar surface area (TPSA) is 99.3 Å². The molecule has 2 aromatic heterocycles. The molecule has 0 aliphatic carbocycles. The van der Waals surface area contributed by atoms with Gasteiger partial charge in [-0.25, -0.2) is 0 Å². The molecule has 0 saturated heterocycles. The second kappa shape index (κ2) is 1.79. The van der Waals surface area contributed by atoms with E-state index in [0.717, 1.165) is 10.6 Å². The van der Waals surface area contributed by atoms with Crippen molar-refractivity contribution in [2.75, 3.05) is 0 Å². The fourth-order valence-corrected chi connectivity index (χ4v) is 4.26. The van der Waals surface area contributed by atoms with Gasteiger partial charge in [0.25, 0.3) is 5.91 Å². The van der Waals surface area contributed by atoms with Crippen LogP contribution in [0.1, 0.15) is 10.6 Å². The van der Waals surface area contributed by atoms with Crippen LogP contribution in [0.25, 0.3) is 11.5 Å². The number of hydrogen-bond acceptors (Lipinski definition) is 5. The predicted molar refractivity (Wildman–Crippen MR) is 49.2 cm³/mol. The molecule has 1 unspecified atom stereocenters. The first-order valence-corrected chi connectivity index (χ1v) is 5.90. The van der Waals surface area contributed by atoms with E-state index in [1.165, 1.54) is 6.07 Å². The summed E-state index contributed by atoms with van der Waals surface area (Å²) in [5, 5.41) is 5.23. The van der Waals surface area contributed by atoms with Crippen molar-refractivity contribution in [1.29, 1.82) is 0 Å². The van der Waals surface area contributed by atoms with Crippen LogP contribution in [0.2, 0.25) is 0 Å². The van der Waals surface area contributed by atoms with Gasteiger partial charge in [0.05, 0.1) is 10.6 Å². The van der Waals surface area contributed by atoms with Crippen LogP contribution in [0.4, 0.5) is 0 Å². The predicted octanol–water partition coefficient (Wildman–Crippen LogP) is -0.700. The molecular formula is C8H3N2O4P. The highest BCUT2D eigenvalue weighted by molar-refractivity contribution is 8.06. The number of amides is 1. The van der Waals surface area contributed by atoms with Crippen LogP contribution in [0.3, 0.4) is 0 Å². The molecule has 5 heterocycles. The third-order valence-corrected chi connectivity index (χ3v) is 5.19. The monoisotopic (exact) mass is 222 g/mol. The van der Waals surface area contributed by atoms with E-state index in [0.29, 0.717) is 17.0 Å². The van der Waals surface area contributed by atoms with Gasteiger partial charge in [-0.05, 0) is 0 Å². The zero-order valence-corrected chi connectivity index (χ0v) is 8.08. The Morgan fingerprint density at radius 2 is 2.20 bits per heavy atom. The first-order valence-electron chi connectivity index (χ1n) is 4.19. The minimum absolute atomic E-state index is 0.0333. The van der Waals surface area contributed by atoms with Gasteiger partial charge in [-0.1, -0.05) is 5.16 Å². The lowest BCUT2D eigenvalue weighted by Gasteiger charge is -1.81. The molecule has 0 fully saturated rings. The van der Waals surface area contributed by atoms with Crippen LogP contribution >= 0.6 is 7.14 Å². The van der Waals surface area contributed by atoms with Crippen LogP contribution in [0.15, 0.2) is 15.0 Å². The molecule has 1 amide bonds. The maximum Gasteiger partial charge on any atom is 0.287 e. The van der Waals surface area contributed by atoms with Gasteiger partial charge in [-0.3, -0.25) is 4.79 Å². The van der Waals surface area contributed by atoms with Crippen LogP contribution < -0.4 is 21.8 Å². The van der Waals surface area contributed by atoms with Crippen molar-refractivity contribution in [1.82, 2.24) is 5.16 Å². The van der Waals surface area contributed by atoms with Gasteiger partial charge in [-0.15, -0.1) is 0 Å². The summed E-state index contributed by atoms with van der Waals surface area (Å²) >= 11 is 0. The summed E-state index contributed by atoms with van der Waals surface area (Å²) in [4.78, 5) is 10.8. The third kappa shape index (κ3) is 0.620. The van der Waals surface area contributed by atoms with Crippen LogP contribution in [0, 0.1) is 0 Å². The first kappa shape index (κ1) is 7.48. The SMILES string of the molecule is NC(=O)c1cc(-c2oc3c4c2P34=O)no1. The molecule has 0 radical (unpaired) electrons. The van der Waals surface area contributed by atoms with E-state index in [1.807, 2.05) is 0 Å². The highest BCUT2D eigenvalue weighted by atomic mass is 31.2. The van der Waals surface area contributed by atoms with Crippen molar-refractivity contribution in [3.8, 4) is 11.5 Å². The molecule has 1 atom stereocenters. The first-order chi connectivity index (χ1) is 7.14. The van der Waals surface area contributed by atoms with Crippen LogP contribution in [0.5, 0.6) is 0 Å². The Morgan fingerprint density at radius 3 is 2.67 bits per heavy atom. The number of furan rings is 1.